The van der Waals surface area contributed by atoms with Crippen LogP contribution in [-0.4, -0.2) is 76.8 Å². The van der Waals surface area contributed by atoms with Crippen LogP contribution in [0.4, 0.5) is 0 Å². The number of rotatable bonds is 2. The zero-order valence-electron chi connectivity index (χ0n) is 7.95. The van der Waals surface area contributed by atoms with Crippen molar-refractivity contribution in [3.63, 3.8) is 0 Å². The first-order valence-electron chi connectivity index (χ1n) is 4.40. The Balaban J connectivity index is 2.83. The third-order valence-corrected chi connectivity index (χ3v) is 2.96. The van der Waals surface area contributed by atoms with Gasteiger partial charge in [0.2, 0.25) is 0 Å². The molecule has 0 aliphatic heterocycles. The Hall–Kier alpha value is 0.0700. The summed E-state index contributed by atoms with van der Waals surface area (Å²) in [5, 5.41) is 46.3. The summed E-state index contributed by atoms with van der Waals surface area (Å²) in [5.74, 6) is 0. The van der Waals surface area contributed by atoms with Crippen molar-refractivity contribution in [3.05, 3.63) is 0 Å². The summed E-state index contributed by atoms with van der Waals surface area (Å²) in [6.07, 6.45) is -11.1. The molecule has 8 N–H and O–H groups in total. The van der Waals surface area contributed by atoms with Crippen LogP contribution in [0.1, 0.15) is 0 Å². The molecule has 1 rings (SSSR count). The summed E-state index contributed by atoms with van der Waals surface area (Å²) in [6.45, 7) is 0. The van der Waals surface area contributed by atoms with Crippen molar-refractivity contribution in [1.29, 1.82) is 0 Å². The fourth-order valence-electron chi connectivity index (χ4n) is 1.52. The second-order valence-corrected chi connectivity index (χ2v) is 4.99. The van der Waals surface area contributed by atoms with E-state index in [1.807, 2.05) is 0 Å². The molecule has 0 aromatic heterocycles. The zero-order valence-corrected chi connectivity index (χ0v) is 8.95. The van der Waals surface area contributed by atoms with Gasteiger partial charge in [-0.05, 0) is 0 Å². The fourth-order valence-corrected chi connectivity index (χ4v) is 2.16. The average Bonchev–Trinajstić information content (AvgIpc) is 2.17. The Morgan fingerprint density at radius 2 is 0.938 bits per heavy atom. The van der Waals surface area contributed by atoms with Gasteiger partial charge < -0.3 is 0 Å². The van der Waals surface area contributed by atoms with Gasteiger partial charge in [0.1, 0.15) is 0 Å². The summed E-state index contributed by atoms with van der Waals surface area (Å²) < 4.78 is 4.17. The Morgan fingerprint density at radius 1 is 0.625 bits per heavy atom. The van der Waals surface area contributed by atoms with E-state index in [9.17, 15) is 20.4 Å². The molecule has 10 heteroatoms. The van der Waals surface area contributed by atoms with Crippen molar-refractivity contribution in [2.45, 2.75) is 36.6 Å². The topological polar surface area (TPSA) is 171 Å². The van der Waals surface area contributed by atoms with Gasteiger partial charge in [0.25, 0.3) is 0 Å². The molecular formula is C6H15O9P. The molecule has 0 heterocycles. The number of hydrogen-bond donors (Lipinski definition) is 8. The molecule has 0 aromatic rings. The van der Waals surface area contributed by atoms with Gasteiger partial charge in [0.15, 0.2) is 0 Å². The minimum atomic E-state index is -5.03. The van der Waals surface area contributed by atoms with Crippen LogP contribution >= 0.6 is 8.17 Å². The Labute approximate surface area is 90.5 Å². The molecule has 0 radical (unpaired) electrons. The molecule has 0 amide bonds. The molecule has 0 spiro atoms. The third kappa shape index (κ3) is 2.84. The quantitative estimate of drug-likeness (QED) is 0.229. The van der Waals surface area contributed by atoms with Crippen molar-refractivity contribution in [3.8, 4) is 0 Å². The first kappa shape index (κ1) is 14.1. The second-order valence-electron chi connectivity index (χ2n) is 3.61. The molecule has 6 atom stereocenters. The fraction of sp³-hybridized carbons (Fsp3) is 1.00. The zero-order chi connectivity index (χ0) is 12.7. The van der Waals surface area contributed by atoms with E-state index in [-0.39, 0.29) is 0 Å². The van der Waals surface area contributed by atoms with Crippen LogP contribution in [0.3, 0.4) is 0 Å². The van der Waals surface area contributed by atoms with Gasteiger partial charge in [-0.1, -0.05) is 0 Å². The molecule has 1 saturated carbocycles. The Bertz CT molecular complexity index is 227. The summed E-state index contributed by atoms with van der Waals surface area (Å²) in [4.78, 5) is 25.9. The SMILES string of the molecule is OC1C(O)[C@@H](O)[C@@H](O[PH](O)(O)O)C(O)[C@H]1O. The van der Waals surface area contributed by atoms with Gasteiger partial charge in [-0.25, -0.2) is 0 Å². The molecule has 1 fully saturated rings. The van der Waals surface area contributed by atoms with E-state index in [1.165, 1.54) is 0 Å². The standard InChI is InChI=1S/C6H15O9P/c7-1-2(8)4(10)6(5(11)3(1)9)15-16(12,13)14/h1-14,16H/t1?,2-,3?,4?,5+,6-/m0/s1. The van der Waals surface area contributed by atoms with Crippen LogP contribution in [0.15, 0.2) is 0 Å². The van der Waals surface area contributed by atoms with Crippen molar-refractivity contribution in [1.82, 2.24) is 0 Å². The monoisotopic (exact) mass is 262 g/mol. The van der Waals surface area contributed by atoms with Crippen LogP contribution in [0.5, 0.6) is 0 Å². The van der Waals surface area contributed by atoms with Gasteiger partial charge in [-0.15, -0.1) is 0 Å². The van der Waals surface area contributed by atoms with Crippen LogP contribution < -0.4 is 0 Å². The van der Waals surface area contributed by atoms with Crippen LogP contribution in [0.2, 0.25) is 0 Å². The van der Waals surface area contributed by atoms with E-state index < -0.39 is 44.8 Å². The predicted octanol–water partition coefficient (Wildman–Crippen LogP) is -4.42. The van der Waals surface area contributed by atoms with Crippen LogP contribution in [-0.2, 0) is 4.52 Å². The maximum absolute atomic E-state index is 9.34. The molecule has 3 unspecified atom stereocenters. The van der Waals surface area contributed by atoms with Crippen molar-refractivity contribution < 1.29 is 44.7 Å². The minimum absolute atomic E-state index is 1.81. The number of hydrogen-bond acceptors (Lipinski definition) is 9. The summed E-state index contributed by atoms with van der Waals surface area (Å²) in [7, 11) is -5.03. The normalized spacial score (nSPS) is 46.8. The molecular weight excluding hydrogens is 247 g/mol. The third-order valence-electron chi connectivity index (χ3n) is 2.37. The second kappa shape index (κ2) is 4.75. The first-order valence-corrected chi connectivity index (χ1v) is 6.15. The van der Waals surface area contributed by atoms with Crippen molar-refractivity contribution in [2.24, 2.45) is 0 Å². The van der Waals surface area contributed by atoms with Gasteiger partial charge in [-0.3, -0.25) is 0 Å². The van der Waals surface area contributed by atoms with Crippen molar-refractivity contribution >= 4 is 8.17 Å². The maximum atomic E-state index is 9.34. The van der Waals surface area contributed by atoms with E-state index >= 15 is 0 Å². The van der Waals surface area contributed by atoms with Gasteiger partial charge in [0, 0.05) is 0 Å². The van der Waals surface area contributed by atoms with E-state index in [1.54, 1.807) is 0 Å². The van der Waals surface area contributed by atoms with E-state index in [4.69, 9.17) is 19.8 Å². The molecule has 0 saturated heterocycles. The Kier molecular flexibility index (Phi) is 4.19. The number of aliphatic hydroxyl groups is 5. The van der Waals surface area contributed by atoms with Crippen LogP contribution in [0, 0.1) is 0 Å². The molecule has 1 aliphatic rings. The predicted molar refractivity (Wildman–Crippen MR) is 49.9 cm³/mol. The van der Waals surface area contributed by atoms with E-state index in [0.29, 0.717) is 0 Å². The average molecular weight is 262 g/mol. The van der Waals surface area contributed by atoms with Gasteiger partial charge in [-0.2, -0.15) is 0 Å². The molecule has 0 aromatic carbocycles. The first-order chi connectivity index (χ1) is 7.15. The molecule has 0 bridgehead atoms. The molecule has 16 heavy (non-hydrogen) atoms. The van der Waals surface area contributed by atoms with Crippen LogP contribution in [0.25, 0.3) is 0 Å². The Morgan fingerprint density at radius 3 is 1.25 bits per heavy atom. The number of aliphatic hydroxyl groups excluding tert-OH is 5. The molecule has 9 nitrogen and oxygen atoms in total. The van der Waals surface area contributed by atoms with Gasteiger partial charge in [0.05, 0.1) is 0 Å². The molecule has 1 aliphatic carbocycles. The summed E-state index contributed by atoms with van der Waals surface area (Å²) in [6, 6.07) is 0. The van der Waals surface area contributed by atoms with E-state index in [0.717, 1.165) is 0 Å². The molecule has 98 valence electrons. The van der Waals surface area contributed by atoms with Crippen molar-refractivity contribution in [2.75, 3.05) is 0 Å². The van der Waals surface area contributed by atoms with Gasteiger partial charge >= 0.3 is 89.5 Å². The summed E-state index contributed by atoms with van der Waals surface area (Å²) >= 11 is 0. The summed E-state index contributed by atoms with van der Waals surface area (Å²) in [5.41, 5.74) is 0. The van der Waals surface area contributed by atoms with E-state index in [2.05, 4.69) is 4.52 Å².